The summed E-state index contributed by atoms with van der Waals surface area (Å²) < 4.78 is 12.6. The molecule has 5 rings (SSSR count). The third kappa shape index (κ3) is 3.11. The van der Waals surface area contributed by atoms with Gasteiger partial charge in [0.1, 0.15) is 23.0 Å². The second-order valence-corrected chi connectivity index (χ2v) is 7.29. The topological polar surface area (TPSA) is 86.4 Å². The molecule has 0 spiro atoms. The highest BCUT2D eigenvalue weighted by Crippen LogP contribution is 2.36. The van der Waals surface area contributed by atoms with E-state index in [-0.39, 0.29) is 5.56 Å². The van der Waals surface area contributed by atoms with Crippen molar-refractivity contribution in [1.82, 2.24) is 9.78 Å². The number of anilines is 1. The monoisotopic (exact) mass is 413 g/mol. The maximum absolute atomic E-state index is 13.0. The summed E-state index contributed by atoms with van der Waals surface area (Å²) in [6.07, 6.45) is 1.58. The summed E-state index contributed by atoms with van der Waals surface area (Å²) in [4.78, 5) is 25.8. The van der Waals surface area contributed by atoms with Gasteiger partial charge in [-0.3, -0.25) is 9.59 Å². The SMILES string of the molecule is COc1cc2c(cc1NC(=O)[C@@H](C)n1ncc3ccccc3c1=O)oc1ccccc12. The summed E-state index contributed by atoms with van der Waals surface area (Å²) in [7, 11) is 1.54. The number of nitrogens with one attached hydrogen (secondary N) is 1. The van der Waals surface area contributed by atoms with Gasteiger partial charge < -0.3 is 14.5 Å². The summed E-state index contributed by atoms with van der Waals surface area (Å²) in [6, 6.07) is 17.6. The first kappa shape index (κ1) is 18.9. The van der Waals surface area contributed by atoms with E-state index < -0.39 is 11.9 Å². The van der Waals surface area contributed by atoms with Crippen LogP contribution in [0.25, 0.3) is 32.7 Å². The molecule has 7 heteroatoms. The van der Waals surface area contributed by atoms with Gasteiger partial charge in [0, 0.05) is 22.2 Å². The number of rotatable bonds is 4. The van der Waals surface area contributed by atoms with Crippen LogP contribution in [0.15, 0.2) is 76.1 Å². The first-order chi connectivity index (χ1) is 15.1. The Labute approximate surface area is 176 Å². The van der Waals surface area contributed by atoms with Crippen molar-refractivity contribution >= 4 is 44.3 Å². The molecule has 7 nitrogen and oxygen atoms in total. The van der Waals surface area contributed by atoms with Gasteiger partial charge in [-0.2, -0.15) is 5.10 Å². The highest BCUT2D eigenvalue weighted by Gasteiger charge is 2.21. The van der Waals surface area contributed by atoms with Crippen molar-refractivity contribution in [3.63, 3.8) is 0 Å². The summed E-state index contributed by atoms with van der Waals surface area (Å²) >= 11 is 0. The number of nitrogens with zero attached hydrogens (tertiary/aromatic N) is 2. The number of fused-ring (bicyclic) bond motifs is 4. The summed E-state index contributed by atoms with van der Waals surface area (Å²) in [5.74, 6) is 0.108. The zero-order valence-corrected chi connectivity index (χ0v) is 17.0. The molecule has 3 aromatic carbocycles. The van der Waals surface area contributed by atoms with Gasteiger partial charge in [-0.25, -0.2) is 4.68 Å². The average Bonchev–Trinajstić information content (AvgIpc) is 3.15. The van der Waals surface area contributed by atoms with Crippen molar-refractivity contribution in [3.8, 4) is 5.75 Å². The standard InChI is InChI=1S/C24H19N3O4/c1-14(27-24(29)16-8-4-3-7-15(16)13-25-27)23(28)26-19-12-21-18(11-22(19)30-2)17-9-5-6-10-20(17)31-21/h3-14H,1-2H3,(H,26,28)/t14-/m1/s1. The maximum atomic E-state index is 13.0. The molecule has 0 bridgehead atoms. The molecule has 0 fully saturated rings. The second kappa shape index (κ2) is 7.28. The minimum atomic E-state index is -0.826. The fourth-order valence-electron chi connectivity index (χ4n) is 3.75. The molecule has 1 atom stereocenters. The molecule has 0 aliphatic heterocycles. The largest absolute Gasteiger partial charge is 0.495 e. The van der Waals surface area contributed by atoms with Crippen LogP contribution in [0.1, 0.15) is 13.0 Å². The van der Waals surface area contributed by atoms with Crippen LogP contribution in [0.4, 0.5) is 5.69 Å². The van der Waals surface area contributed by atoms with E-state index >= 15 is 0 Å². The van der Waals surface area contributed by atoms with Gasteiger partial charge in [0.25, 0.3) is 5.56 Å². The molecule has 31 heavy (non-hydrogen) atoms. The molecule has 0 unspecified atom stereocenters. The Balaban J connectivity index is 1.51. The molecule has 154 valence electrons. The van der Waals surface area contributed by atoms with E-state index in [1.165, 1.54) is 11.8 Å². The number of carbonyl (C=O) groups excluding carboxylic acids is 1. The third-order valence-corrected chi connectivity index (χ3v) is 5.42. The highest BCUT2D eigenvalue weighted by molar-refractivity contribution is 6.08. The summed E-state index contributed by atoms with van der Waals surface area (Å²) in [5.41, 5.74) is 1.52. The molecule has 1 amide bonds. The van der Waals surface area contributed by atoms with Crippen LogP contribution in [0.5, 0.6) is 5.75 Å². The van der Waals surface area contributed by atoms with Gasteiger partial charge in [-0.05, 0) is 25.1 Å². The van der Waals surface area contributed by atoms with Crippen LogP contribution in [0.2, 0.25) is 0 Å². The van der Waals surface area contributed by atoms with Crippen LogP contribution in [0.3, 0.4) is 0 Å². The Bertz CT molecular complexity index is 1520. The van der Waals surface area contributed by atoms with Crippen molar-refractivity contribution in [3.05, 3.63) is 77.2 Å². The van der Waals surface area contributed by atoms with E-state index in [9.17, 15) is 9.59 Å². The Morgan fingerprint density at radius 3 is 2.58 bits per heavy atom. The van der Waals surface area contributed by atoms with Crippen molar-refractivity contribution < 1.29 is 13.9 Å². The van der Waals surface area contributed by atoms with Crippen LogP contribution >= 0.6 is 0 Å². The second-order valence-electron chi connectivity index (χ2n) is 7.29. The molecule has 0 aliphatic rings. The Hall–Kier alpha value is -4.13. The number of furan rings is 1. The van der Waals surface area contributed by atoms with Gasteiger partial charge in [0.2, 0.25) is 5.91 Å². The lowest BCUT2D eigenvalue weighted by atomic mass is 10.1. The van der Waals surface area contributed by atoms with Gasteiger partial charge in [-0.15, -0.1) is 0 Å². The van der Waals surface area contributed by atoms with Crippen molar-refractivity contribution in [2.24, 2.45) is 0 Å². The van der Waals surface area contributed by atoms with E-state index in [1.54, 1.807) is 31.3 Å². The van der Waals surface area contributed by atoms with E-state index in [2.05, 4.69) is 10.4 Å². The van der Waals surface area contributed by atoms with Gasteiger partial charge in [0.05, 0.1) is 24.4 Å². The average molecular weight is 413 g/mol. The number of aromatic nitrogens is 2. The molecule has 0 radical (unpaired) electrons. The lowest BCUT2D eigenvalue weighted by Crippen LogP contribution is -2.33. The molecular formula is C24H19N3O4. The van der Waals surface area contributed by atoms with E-state index in [0.29, 0.717) is 22.4 Å². The molecular weight excluding hydrogens is 394 g/mol. The van der Waals surface area contributed by atoms with Crippen LogP contribution in [0, 0.1) is 0 Å². The van der Waals surface area contributed by atoms with Gasteiger partial charge >= 0.3 is 0 Å². The predicted octanol–water partition coefficient (Wildman–Crippen LogP) is 4.50. The molecule has 0 saturated heterocycles. The van der Waals surface area contributed by atoms with Crippen LogP contribution < -0.4 is 15.6 Å². The molecule has 2 heterocycles. The maximum Gasteiger partial charge on any atom is 0.275 e. The highest BCUT2D eigenvalue weighted by atomic mass is 16.5. The zero-order valence-electron chi connectivity index (χ0n) is 17.0. The van der Waals surface area contributed by atoms with Gasteiger partial charge in [-0.1, -0.05) is 36.4 Å². The number of hydrogen-bond acceptors (Lipinski definition) is 5. The van der Waals surface area contributed by atoms with E-state index in [0.717, 1.165) is 21.7 Å². The van der Waals surface area contributed by atoms with Crippen molar-refractivity contribution in [2.45, 2.75) is 13.0 Å². The number of benzene rings is 3. The smallest absolute Gasteiger partial charge is 0.275 e. The molecule has 1 N–H and O–H groups in total. The predicted molar refractivity (Wildman–Crippen MR) is 120 cm³/mol. The number of hydrogen-bond donors (Lipinski definition) is 1. The zero-order chi connectivity index (χ0) is 21.5. The third-order valence-electron chi connectivity index (χ3n) is 5.42. The Morgan fingerprint density at radius 1 is 1.03 bits per heavy atom. The fraction of sp³-hybridized carbons (Fsp3) is 0.125. The van der Waals surface area contributed by atoms with Crippen LogP contribution in [-0.4, -0.2) is 22.8 Å². The quantitative estimate of drug-likeness (QED) is 0.469. The van der Waals surface area contributed by atoms with E-state index in [4.69, 9.17) is 9.15 Å². The summed E-state index contributed by atoms with van der Waals surface area (Å²) in [5, 5.41) is 10.1. The normalized spacial score (nSPS) is 12.3. The number of amides is 1. The molecule has 5 aromatic rings. The minimum Gasteiger partial charge on any atom is -0.495 e. The van der Waals surface area contributed by atoms with Crippen molar-refractivity contribution in [1.29, 1.82) is 0 Å². The molecule has 0 aliphatic carbocycles. The number of carbonyl (C=O) groups is 1. The molecule has 0 saturated carbocycles. The first-order valence-corrected chi connectivity index (χ1v) is 9.83. The Morgan fingerprint density at radius 2 is 1.77 bits per heavy atom. The Kier molecular flexibility index (Phi) is 4.43. The lowest BCUT2D eigenvalue weighted by Gasteiger charge is -2.16. The van der Waals surface area contributed by atoms with Crippen LogP contribution in [-0.2, 0) is 4.79 Å². The first-order valence-electron chi connectivity index (χ1n) is 9.83. The van der Waals surface area contributed by atoms with E-state index in [1.807, 2.05) is 42.5 Å². The summed E-state index contributed by atoms with van der Waals surface area (Å²) in [6.45, 7) is 1.63. The minimum absolute atomic E-state index is 0.319. The number of methoxy groups -OCH3 is 1. The number of ether oxygens (including phenoxy) is 1. The number of para-hydroxylation sites is 1. The van der Waals surface area contributed by atoms with Gasteiger partial charge in [0.15, 0.2) is 0 Å². The van der Waals surface area contributed by atoms with Crippen molar-refractivity contribution in [2.75, 3.05) is 12.4 Å². The molecule has 2 aromatic heterocycles. The lowest BCUT2D eigenvalue weighted by molar-refractivity contribution is -0.119. The fourth-order valence-corrected chi connectivity index (χ4v) is 3.75.